The number of ether oxygens (including phenoxy) is 1. The van der Waals surface area contributed by atoms with Crippen molar-refractivity contribution in [2.24, 2.45) is 5.41 Å². The molecule has 7 heteroatoms. The van der Waals surface area contributed by atoms with E-state index in [-0.39, 0.29) is 18.6 Å². The minimum absolute atomic E-state index is 0.0602. The van der Waals surface area contributed by atoms with Crippen molar-refractivity contribution >= 4 is 17.9 Å². The number of nitrogens with one attached hydrogen (secondary N) is 1. The van der Waals surface area contributed by atoms with Gasteiger partial charge >= 0.3 is 12.0 Å². The van der Waals surface area contributed by atoms with Crippen molar-refractivity contribution in [3.05, 3.63) is 0 Å². The number of hydrogen-bond acceptors (Lipinski definition) is 4. The lowest BCUT2D eigenvalue weighted by Gasteiger charge is -2.32. The van der Waals surface area contributed by atoms with Crippen molar-refractivity contribution in [3.8, 4) is 0 Å². The molecule has 0 spiro atoms. The average molecular weight is 284 g/mol. The molecule has 2 bridgehead atoms. The molecule has 2 N–H and O–H groups in total. The summed E-state index contributed by atoms with van der Waals surface area (Å²) in [6.07, 6.45) is 1.77. The Bertz CT molecular complexity index is 422. The number of morpholine rings is 1. The number of rotatable bonds is 3. The SMILES string of the molecule is CC(C)(CC(=O)NC(=O)N1CC2CCC(C1)O2)C(=O)O. The third-order valence-electron chi connectivity index (χ3n) is 3.76. The van der Waals surface area contributed by atoms with Crippen molar-refractivity contribution in [1.82, 2.24) is 10.2 Å². The minimum atomic E-state index is -1.19. The number of nitrogens with zero attached hydrogens (tertiary/aromatic N) is 1. The fourth-order valence-electron chi connectivity index (χ4n) is 2.50. The van der Waals surface area contributed by atoms with Crippen LogP contribution in [0.4, 0.5) is 4.79 Å². The Labute approximate surface area is 117 Å². The van der Waals surface area contributed by atoms with Crippen molar-refractivity contribution in [1.29, 1.82) is 0 Å². The van der Waals surface area contributed by atoms with E-state index in [0.717, 1.165) is 12.8 Å². The number of imide groups is 1. The molecule has 112 valence electrons. The average Bonchev–Trinajstić information content (AvgIpc) is 2.67. The van der Waals surface area contributed by atoms with Crippen LogP contribution in [0, 0.1) is 5.41 Å². The Morgan fingerprint density at radius 1 is 1.25 bits per heavy atom. The number of carboxylic acids is 1. The van der Waals surface area contributed by atoms with Gasteiger partial charge in [0.1, 0.15) is 0 Å². The van der Waals surface area contributed by atoms with Gasteiger partial charge in [-0.05, 0) is 26.7 Å². The molecule has 0 radical (unpaired) electrons. The van der Waals surface area contributed by atoms with Crippen LogP contribution in [-0.4, -0.2) is 53.2 Å². The predicted octanol–water partition coefficient (Wildman–Crippen LogP) is 0.587. The third-order valence-corrected chi connectivity index (χ3v) is 3.76. The van der Waals surface area contributed by atoms with E-state index in [1.54, 1.807) is 4.90 Å². The molecule has 2 saturated heterocycles. The lowest BCUT2D eigenvalue weighted by Crippen LogP contribution is -2.51. The first-order valence-corrected chi connectivity index (χ1v) is 6.75. The molecule has 2 fully saturated rings. The molecule has 2 unspecified atom stereocenters. The zero-order valence-electron chi connectivity index (χ0n) is 11.7. The van der Waals surface area contributed by atoms with Gasteiger partial charge in [0.25, 0.3) is 0 Å². The molecule has 2 rings (SSSR count). The number of likely N-dealkylation sites (tertiary alicyclic amines) is 1. The molecule has 3 amide bonds. The molecule has 2 aliphatic heterocycles. The second-order valence-electron chi connectivity index (χ2n) is 6.08. The summed E-state index contributed by atoms with van der Waals surface area (Å²) in [5.74, 6) is -1.63. The second-order valence-corrected chi connectivity index (χ2v) is 6.08. The van der Waals surface area contributed by atoms with Crippen LogP contribution >= 0.6 is 0 Å². The van der Waals surface area contributed by atoms with E-state index in [0.29, 0.717) is 13.1 Å². The number of carbonyl (C=O) groups excluding carboxylic acids is 2. The van der Waals surface area contributed by atoms with Crippen LogP contribution in [0.15, 0.2) is 0 Å². The molecule has 0 aromatic heterocycles. The van der Waals surface area contributed by atoms with Gasteiger partial charge < -0.3 is 14.7 Å². The van der Waals surface area contributed by atoms with Crippen LogP contribution in [0.5, 0.6) is 0 Å². The largest absolute Gasteiger partial charge is 0.481 e. The van der Waals surface area contributed by atoms with E-state index in [2.05, 4.69) is 5.32 Å². The van der Waals surface area contributed by atoms with Gasteiger partial charge in [0.2, 0.25) is 5.91 Å². The highest BCUT2D eigenvalue weighted by Gasteiger charge is 2.37. The Morgan fingerprint density at radius 3 is 2.30 bits per heavy atom. The van der Waals surface area contributed by atoms with Crippen LogP contribution in [-0.2, 0) is 14.3 Å². The Hall–Kier alpha value is -1.63. The smallest absolute Gasteiger partial charge is 0.324 e. The van der Waals surface area contributed by atoms with Crippen LogP contribution in [0.3, 0.4) is 0 Å². The van der Waals surface area contributed by atoms with E-state index < -0.39 is 23.3 Å². The van der Waals surface area contributed by atoms with E-state index in [4.69, 9.17) is 9.84 Å². The third kappa shape index (κ3) is 3.27. The van der Waals surface area contributed by atoms with Crippen molar-refractivity contribution in [2.45, 2.75) is 45.3 Å². The van der Waals surface area contributed by atoms with Crippen LogP contribution in [0.1, 0.15) is 33.1 Å². The van der Waals surface area contributed by atoms with Crippen LogP contribution < -0.4 is 5.32 Å². The van der Waals surface area contributed by atoms with Gasteiger partial charge in [-0.15, -0.1) is 0 Å². The molecule has 0 aromatic rings. The zero-order valence-corrected chi connectivity index (χ0v) is 11.7. The first kappa shape index (κ1) is 14.8. The molecule has 0 saturated carbocycles. The first-order valence-electron chi connectivity index (χ1n) is 6.75. The maximum atomic E-state index is 12.0. The molecule has 2 atom stereocenters. The number of amides is 3. The zero-order chi connectivity index (χ0) is 14.9. The van der Waals surface area contributed by atoms with Gasteiger partial charge in [0.05, 0.1) is 17.6 Å². The first-order chi connectivity index (χ1) is 9.28. The van der Waals surface area contributed by atoms with Crippen LogP contribution in [0.2, 0.25) is 0 Å². The number of fused-ring (bicyclic) bond motifs is 2. The normalized spacial score (nSPS) is 25.4. The molecule has 20 heavy (non-hydrogen) atoms. The van der Waals surface area contributed by atoms with E-state index >= 15 is 0 Å². The standard InChI is InChI=1S/C13H20N2O5/c1-13(2,11(17)18)5-10(16)14-12(19)15-6-8-3-4-9(7-15)20-8/h8-9H,3-7H2,1-2H3,(H,17,18)(H,14,16,19). The summed E-state index contributed by atoms with van der Waals surface area (Å²) in [7, 11) is 0. The minimum Gasteiger partial charge on any atom is -0.481 e. The summed E-state index contributed by atoms with van der Waals surface area (Å²) in [4.78, 5) is 36.2. The monoisotopic (exact) mass is 284 g/mol. The van der Waals surface area contributed by atoms with E-state index in [1.807, 2.05) is 0 Å². The van der Waals surface area contributed by atoms with Crippen LogP contribution in [0.25, 0.3) is 0 Å². The number of urea groups is 1. The fraction of sp³-hybridized carbons (Fsp3) is 0.769. The summed E-state index contributed by atoms with van der Waals surface area (Å²) in [6.45, 7) is 3.87. The number of aliphatic carboxylic acids is 1. The highest BCUT2D eigenvalue weighted by Crippen LogP contribution is 2.26. The quantitative estimate of drug-likeness (QED) is 0.790. The number of carboxylic acid groups (broad SMARTS) is 1. The summed E-state index contributed by atoms with van der Waals surface area (Å²) in [6, 6.07) is -0.462. The van der Waals surface area contributed by atoms with Crippen molar-refractivity contribution in [3.63, 3.8) is 0 Å². The van der Waals surface area contributed by atoms with E-state index in [9.17, 15) is 14.4 Å². The van der Waals surface area contributed by atoms with Gasteiger partial charge in [-0.2, -0.15) is 0 Å². The molecule has 0 aromatic carbocycles. The molecule has 7 nitrogen and oxygen atoms in total. The predicted molar refractivity (Wildman–Crippen MR) is 69.0 cm³/mol. The number of hydrogen-bond donors (Lipinski definition) is 2. The Balaban J connectivity index is 1.85. The number of carbonyl (C=O) groups is 3. The molecular weight excluding hydrogens is 264 g/mol. The second kappa shape index (κ2) is 5.40. The Kier molecular flexibility index (Phi) is 3.99. The fourth-order valence-corrected chi connectivity index (χ4v) is 2.50. The molecular formula is C13H20N2O5. The lowest BCUT2D eigenvalue weighted by molar-refractivity contribution is -0.149. The highest BCUT2D eigenvalue weighted by atomic mass is 16.5. The van der Waals surface area contributed by atoms with Gasteiger partial charge in [-0.3, -0.25) is 14.9 Å². The highest BCUT2D eigenvalue weighted by molar-refractivity contribution is 5.96. The van der Waals surface area contributed by atoms with Crippen molar-refractivity contribution in [2.75, 3.05) is 13.1 Å². The maximum absolute atomic E-state index is 12.0. The molecule has 0 aliphatic carbocycles. The van der Waals surface area contributed by atoms with Crippen molar-refractivity contribution < 1.29 is 24.2 Å². The Morgan fingerprint density at radius 2 is 1.80 bits per heavy atom. The van der Waals surface area contributed by atoms with Gasteiger partial charge in [0, 0.05) is 19.5 Å². The molecule has 2 aliphatic rings. The van der Waals surface area contributed by atoms with Gasteiger partial charge in [-0.1, -0.05) is 0 Å². The topological polar surface area (TPSA) is 95.9 Å². The van der Waals surface area contributed by atoms with E-state index in [1.165, 1.54) is 13.8 Å². The summed E-state index contributed by atoms with van der Waals surface area (Å²) in [5, 5.41) is 11.2. The lowest BCUT2D eigenvalue weighted by atomic mass is 9.89. The summed E-state index contributed by atoms with van der Waals surface area (Å²) in [5.41, 5.74) is -1.19. The maximum Gasteiger partial charge on any atom is 0.324 e. The summed E-state index contributed by atoms with van der Waals surface area (Å²) >= 11 is 0. The summed E-state index contributed by atoms with van der Waals surface area (Å²) < 4.78 is 5.61. The molecule has 2 heterocycles. The van der Waals surface area contributed by atoms with Gasteiger partial charge in [-0.25, -0.2) is 4.79 Å². The van der Waals surface area contributed by atoms with Gasteiger partial charge in [0.15, 0.2) is 0 Å².